The van der Waals surface area contributed by atoms with Crippen molar-refractivity contribution in [1.29, 1.82) is 0 Å². The van der Waals surface area contributed by atoms with E-state index in [2.05, 4.69) is 6.58 Å². The van der Waals surface area contributed by atoms with Crippen LogP contribution in [0.15, 0.2) is 22.2 Å². The molecule has 0 saturated carbocycles. The Balaban J connectivity index is 4.06. The lowest BCUT2D eigenvalue weighted by Gasteiger charge is -2.03. The zero-order valence-corrected chi connectivity index (χ0v) is 8.10. The summed E-state index contributed by atoms with van der Waals surface area (Å²) in [6, 6.07) is 0. The molecule has 0 fully saturated rings. The maximum atomic E-state index is 5.70. The van der Waals surface area contributed by atoms with E-state index in [-0.39, 0.29) is 14.9 Å². The molecule has 0 N–H and O–H groups in total. The van der Waals surface area contributed by atoms with E-state index in [1.54, 1.807) is 6.08 Å². The fourth-order valence-electron chi connectivity index (χ4n) is 0.368. The number of alkyl halides is 1. The Morgan fingerprint density at radius 3 is 2.20 bits per heavy atom. The highest BCUT2D eigenvalue weighted by Crippen LogP contribution is 2.26. The molecule has 58 valence electrons. The van der Waals surface area contributed by atoms with E-state index in [0.717, 1.165) is 0 Å². The molecular weight excluding hydrogens is 214 g/mol. The lowest BCUT2D eigenvalue weighted by atomic mass is 10.3. The van der Waals surface area contributed by atoms with Crippen LogP contribution in [0.2, 0.25) is 0 Å². The van der Waals surface area contributed by atoms with Gasteiger partial charge in [-0.25, -0.2) is 0 Å². The molecule has 0 rings (SSSR count). The van der Waals surface area contributed by atoms with Gasteiger partial charge >= 0.3 is 0 Å². The Morgan fingerprint density at radius 1 is 1.40 bits per heavy atom. The zero-order chi connectivity index (χ0) is 8.15. The van der Waals surface area contributed by atoms with Gasteiger partial charge in [0, 0.05) is 0 Å². The minimum atomic E-state index is -0.357. The molecule has 0 aromatic rings. The molecule has 0 aliphatic heterocycles. The lowest BCUT2D eigenvalue weighted by Crippen LogP contribution is -1.95. The maximum absolute atomic E-state index is 5.70. The first-order valence-corrected chi connectivity index (χ1v) is 4.12. The Kier molecular flexibility index (Phi) is 5.65. The van der Waals surface area contributed by atoms with Crippen LogP contribution >= 0.6 is 46.4 Å². The third-order valence-corrected chi connectivity index (χ3v) is 2.39. The van der Waals surface area contributed by atoms with Gasteiger partial charge in [-0.15, -0.1) is 18.2 Å². The van der Waals surface area contributed by atoms with Crippen LogP contribution in [0.3, 0.4) is 0 Å². The highest BCUT2D eigenvalue weighted by atomic mass is 35.5. The second-order valence-electron chi connectivity index (χ2n) is 1.60. The SMILES string of the molecule is C=CCC(Cl)C(Cl)=C(Cl)Cl. The van der Waals surface area contributed by atoms with Crippen molar-refractivity contribution in [2.75, 3.05) is 0 Å². The third kappa shape index (κ3) is 3.72. The van der Waals surface area contributed by atoms with Gasteiger partial charge in [-0.3, -0.25) is 0 Å². The van der Waals surface area contributed by atoms with Gasteiger partial charge < -0.3 is 0 Å². The molecule has 4 heteroatoms. The van der Waals surface area contributed by atoms with Crippen molar-refractivity contribution >= 4 is 46.4 Å². The summed E-state index contributed by atoms with van der Waals surface area (Å²) in [4.78, 5) is 0. The smallest absolute Gasteiger partial charge is 0.116 e. The Bertz CT molecular complexity index is 146. The van der Waals surface area contributed by atoms with Gasteiger partial charge in [-0.2, -0.15) is 0 Å². The summed E-state index contributed by atoms with van der Waals surface area (Å²) in [7, 11) is 0. The summed E-state index contributed by atoms with van der Waals surface area (Å²) in [5, 5.41) is -0.0888. The molecule has 0 aromatic heterocycles. The van der Waals surface area contributed by atoms with Crippen molar-refractivity contribution in [2.45, 2.75) is 11.8 Å². The molecule has 0 saturated heterocycles. The van der Waals surface area contributed by atoms with Gasteiger partial charge in [-0.05, 0) is 6.42 Å². The number of halogens is 4. The van der Waals surface area contributed by atoms with Crippen molar-refractivity contribution < 1.29 is 0 Å². The van der Waals surface area contributed by atoms with Gasteiger partial charge in [0.1, 0.15) is 4.49 Å². The average molecular weight is 220 g/mol. The van der Waals surface area contributed by atoms with E-state index >= 15 is 0 Å². The largest absolute Gasteiger partial charge is 0.122 e. The molecule has 0 amide bonds. The Morgan fingerprint density at radius 2 is 1.90 bits per heavy atom. The second kappa shape index (κ2) is 5.31. The molecule has 0 heterocycles. The molecule has 0 radical (unpaired) electrons. The average Bonchev–Trinajstić information content (AvgIpc) is 1.87. The molecule has 0 aliphatic carbocycles. The van der Waals surface area contributed by atoms with Crippen molar-refractivity contribution in [3.05, 3.63) is 22.2 Å². The number of hydrogen-bond acceptors (Lipinski definition) is 0. The molecule has 1 atom stereocenters. The van der Waals surface area contributed by atoms with Crippen LogP contribution < -0.4 is 0 Å². The lowest BCUT2D eigenvalue weighted by molar-refractivity contribution is 1.05. The highest BCUT2D eigenvalue weighted by molar-refractivity contribution is 6.60. The molecule has 1 unspecified atom stereocenters. The second-order valence-corrected chi connectivity index (χ2v) is 3.48. The van der Waals surface area contributed by atoms with Crippen molar-refractivity contribution in [2.24, 2.45) is 0 Å². The van der Waals surface area contributed by atoms with Gasteiger partial charge in [0.2, 0.25) is 0 Å². The van der Waals surface area contributed by atoms with Crippen LogP contribution in [-0.2, 0) is 0 Å². The summed E-state index contributed by atoms with van der Waals surface area (Å²) in [5.74, 6) is 0. The van der Waals surface area contributed by atoms with Crippen LogP contribution in [0.25, 0.3) is 0 Å². The first kappa shape index (κ1) is 10.6. The summed E-state index contributed by atoms with van der Waals surface area (Å²) in [6.07, 6.45) is 2.21. The van der Waals surface area contributed by atoms with Crippen LogP contribution in [0, 0.1) is 0 Å². The number of hydrogen-bond donors (Lipinski definition) is 0. The predicted molar refractivity (Wildman–Crippen MR) is 49.0 cm³/mol. The number of rotatable bonds is 3. The van der Waals surface area contributed by atoms with Crippen molar-refractivity contribution in [3.8, 4) is 0 Å². The summed E-state index contributed by atoms with van der Waals surface area (Å²) in [6.45, 7) is 3.49. The fourth-order valence-corrected chi connectivity index (χ4v) is 1.07. The monoisotopic (exact) mass is 218 g/mol. The molecular formula is C6H6Cl4. The summed E-state index contributed by atoms with van der Waals surface area (Å²) in [5.41, 5.74) is 0. The molecule has 0 nitrogen and oxygen atoms in total. The number of allylic oxidation sites excluding steroid dienone is 2. The first-order valence-electron chi connectivity index (χ1n) is 2.55. The highest BCUT2D eigenvalue weighted by Gasteiger charge is 2.09. The van der Waals surface area contributed by atoms with E-state index in [9.17, 15) is 0 Å². The van der Waals surface area contributed by atoms with E-state index in [4.69, 9.17) is 46.4 Å². The van der Waals surface area contributed by atoms with Crippen molar-refractivity contribution in [3.63, 3.8) is 0 Å². The Hall–Kier alpha value is 0.640. The van der Waals surface area contributed by atoms with E-state index in [1.165, 1.54) is 0 Å². The molecule has 10 heavy (non-hydrogen) atoms. The quantitative estimate of drug-likeness (QED) is 0.496. The summed E-state index contributed by atoms with van der Waals surface area (Å²) >= 11 is 22.0. The van der Waals surface area contributed by atoms with E-state index in [1.807, 2.05) is 0 Å². The molecule has 0 spiro atoms. The predicted octanol–water partition coefficient (Wildman–Crippen LogP) is 4.06. The zero-order valence-electron chi connectivity index (χ0n) is 5.08. The topological polar surface area (TPSA) is 0 Å². The van der Waals surface area contributed by atoms with E-state index < -0.39 is 0 Å². The summed E-state index contributed by atoms with van der Waals surface area (Å²) < 4.78 is 0.0171. The van der Waals surface area contributed by atoms with Gasteiger partial charge in [0.15, 0.2) is 0 Å². The molecule has 0 aromatic carbocycles. The minimum Gasteiger partial charge on any atom is -0.116 e. The van der Waals surface area contributed by atoms with Crippen molar-refractivity contribution in [1.82, 2.24) is 0 Å². The standard InChI is InChI=1S/C6H6Cl4/c1-2-3-4(7)5(8)6(9)10/h2,4H,1,3H2. The van der Waals surface area contributed by atoms with Gasteiger partial charge in [0.05, 0.1) is 10.4 Å². The fraction of sp³-hybridized carbons (Fsp3) is 0.333. The normalized spacial score (nSPS) is 12.4. The van der Waals surface area contributed by atoms with Crippen LogP contribution in [0.5, 0.6) is 0 Å². The first-order chi connectivity index (χ1) is 4.59. The van der Waals surface area contributed by atoms with E-state index in [0.29, 0.717) is 6.42 Å². The van der Waals surface area contributed by atoms with Crippen LogP contribution in [-0.4, -0.2) is 5.38 Å². The molecule has 0 aliphatic rings. The van der Waals surface area contributed by atoms with Crippen LogP contribution in [0.1, 0.15) is 6.42 Å². The third-order valence-electron chi connectivity index (χ3n) is 0.829. The van der Waals surface area contributed by atoms with Gasteiger partial charge in [-0.1, -0.05) is 40.9 Å². The van der Waals surface area contributed by atoms with Crippen LogP contribution in [0.4, 0.5) is 0 Å². The maximum Gasteiger partial charge on any atom is 0.122 e. The minimum absolute atomic E-state index is 0.0171. The Labute approximate surface area is 80.4 Å². The van der Waals surface area contributed by atoms with Gasteiger partial charge in [0.25, 0.3) is 0 Å². The molecule has 0 bridgehead atoms.